The maximum atomic E-state index is 5.81. The summed E-state index contributed by atoms with van der Waals surface area (Å²) < 4.78 is 5.64. The van der Waals surface area contributed by atoms with E-state index in [0.717, 1.165) is 39.0 Å². The third kappa shape index (κ3) is 10.2. The molecule has 0 amide bonds. The van der Waals surface area contributed by atoms with Crippen LogP contribution in [-0.2, 0) is 11.3 Å². The zero-order valence-corrected chi connectivity index (χ0v) is 13.9. The highest BCUT2D eigenvalue weighted by Crippen LogP contribution is 2.01. The Morgan fingerprint density at radius 3 is 2.68 bits per heavy atom. The lowest BCUT2D eigenvalue weighted by Gasteiger charge is -2.06. The minimum Gasteiger partial charge on any atom is -0.377 e. The molecule has 0 radical (unpaired) electrons. The van der Waals surface area contributed by atoms with Gasteiger partial charge in [-0.05, 0) is 24.8 Å². The molecule has 0 saturated heterocycles. The molecule has 4 nitrogen and oxygen atoms in total. The molecule has 0 bridgehead atoms. The van der Waals surface area contributed by atoms with E-state index in [9.17, 15) is 0 Å². The lowest BCUT2D eigenvalue weighted by Crippen LogP contribution is -2.32. The van der Waals surface area contributed by atoms with Crippen molar-refractivity contribution in [2.45, 2.75) is 52.1 Å². The summed E-state index contributed by atoms with van der Waals surface area (Å²) in [5.41, 5.74) is 7.04. The van der Waals surface area contributed by atoms with Crippen molar-refractivity contribution in [1.82, 2.24) is 5.32 Å². The molecule has 3 N–H and O–H groups in total. The molecule has 0 aliphatic rings. The number of rotatable bonds is 12. The molecule has 0 aliphatic carbocycles. The first kappa shape index (κ1) is 18.5. The van der Waals surface area contributed by atoms with E-state index in [0.29, 0.717) is 12.6 Å². The van der Waals surface area contributed by atoms with Crippen LogP contribution < -0.4 is 11.1 Å². The molecule has 0 aliphatic heterocycles. The van der Waals surface area contributed by atoms with E-state index in [1.807, 2.05) is 18.2 Å². The summed E-state index contributed by atoms with van der Waals surface area (Å²) >= 11 is 0. The Morgan fingerprint density at radius 2 is 1.91 bits per heavy atom. The van der Waals surface area contributed by atoms with Crippen LogP contribution in [0.25, 0.3) is 0 Å². The van der Waals surface area contributed by atoms with Gasteiger partial charge in [-0.15, -0.1) is 0 Å². The summed E-state index contributed by atoms with van der Waals surface area (Å²) in [6, 6.07) is 10.3. The van der Waals surface area contributed by atoms with Gasteiger partial charge in [-0.2, -0.15) is 0 Å². The second kappa shape index (κ2) is 13.1. The molecule has 0 aromatic heterocycles. The van der Waals surface area contributed by atoms with Crippen LogP contribution >= 0.6 is 0 Å². The molecular weight excluding hydrogens is 274 g/mol. The summed E-state index contributed by atoms with van der Waals surface area (Å²) in [5, 5.41) is 3.15. The van der Waals surface area contributed by atoms with Gasteiger partial charge in [0.25, 0.3) is 0 Å². The first-order valence-corrected chi connectivity index (χ1v) is 8.48. The van der Waals surface area contributed by atoms with E-state index >= 15 is 0 Å². The van der Waals surface area contributed by atoms with E-state index in [2.05, 4.69) is 29.4 Å². The van der Waals surface area contributed by atoms with Crippen LogP contribution in [0.2, 0.25) is 0 Å². The average Bonchev–Trinajstić information content (AvgIpc) is 2.55. The van der Waals surface area contributed by atoms with Crippen molar-refractivity contribution in [3.63, 3.8) is 0 Å². The lowest BCUT2D eigenvalue weighted by molar-refractivity contribution is 0.117. The molecular formula is C18H31N3O. The molecule has 0 spiro atoms. The molecule has 1 aromatic rings. The van der Waals surface area contributed by atoms with Gasteiger partial charge in [0.15, 0.2) is 5.96 Å². The Bertz CT molecular complexity index is 393. The standard InChI is InChI=1S/C18H31N3O/c1-2-3-4-8-13-20-18(19)21-14-9-10-15-22-16-17-11-6-5-7-12-17/h5-7,11-12H,2-4,8-10,13-16H2,1H3,(H3,19,20,21). The van der Waals surface area contributed by atoms with E-state index in [-0.39, 0.29) is 0 Å². The Labute approximate surface area is 135 Å². The molecule has 1 rings (SSSR count). The molecule has 1 aromatic carbocycles. The Morgan fingerprint density at radius 1 is 1.09 bits per heavy atom. The van der Waals surface area contributed by atoms with E-state index in [1.165, 1.54) is 24.8 Å². The number of aliphatic imine (C=N–C) groups is 1. The maximum Gasteiger partial charge on any atom is 0.188 e. The Hall–Kier alpha value is -1.55. The zero-order chi connectivity index (χ0) is 15.9. The summed E-state index contributed by atoms with van der Waals surface area (Å²) in [4.78, 5) is 4.32. The van der Waals surface area contributed by atoms with Crippen LogP contribution in [0.4, 0.5) is 0 Å². The fraction of sp³-hybridized carbons (Fsp3) is 0.611. The van der Waals surface area contributed by atoms with Crippen molar-refractivity contribution in [3.05, 3.63) is 35.9 Å². The predicted molar refractivity (Wildman–Crippen MR) is 94.0 cm³/mol. The van der Waals surface area contributed by atoms with Crippen LogP contribution in [0.3, 0.4) is 0 Å². The van der Waals surface area contributed by atoms with Gasteiger partial charge < -0.3 is 15.8 Å². The molecule has 124 valence electrons. The third-order valence-electron chi connectivity index (χ3n) is 3.43. The second-order valence-corrected chi connectivity index (χ2v) is 5.50. The topological polar surface area (TPSA) is 59.6 Å². The zero-order valence-electron chi connectivity index (χ0n) is 13.9. The highest BCUT2D eigenvalue weighted by molar-refractivity contribution is 5.77. The van der Waals surface area contributed by atoms with E-state index < -0.39 is 0 Å². The van der Waals surface area contributed by atoms with Crippen LogP contribution in [0, 0.1) is 0 Å². The van der Waals surface area contributed by atoms with Gasteiger partial charge in [0.1, 0.15) is 0 Å². The summed E-state index contributed by atoms with van der Waals surface area (Å²) in [6.07, 6.45) is 6.98. The maximum absolute atomic E-state index is 5.81. The highest BCUT2D eigenvalue weighted by Gasteiger charge is 1.94. The minimum absolute atomic E-state index is 0.571. The van der Waals surface area contributed by atoms with Gasteiger partial charge in [0.2, 0.25) is 0 Å². The van der Waals surface area contributed by atoms with Crippen LogP contribution in [0.15, 0.2) is 35.3 Å². The van der Waals surface area contributed by atoms with E-state index in [1.54, 1.807) is 0 Å². The fourth-order valence-electron chi connectivity index (χ4n) is 2.10. The Balaban J connectivity index is 1.91. The summed E-state index contributed by atoms with van der Waals surface area (Å²) in [7, 11) is 0. The molecule has 0 atom stereocenters. The van der Waals surface area contributed by atoms with Crippen LogP contribution in [0.5, 0.6) is 0 Å². The van der Waals surface area contributed by atoms with Gasteiger partial charge >= 0.3 is 0 Å². The number of nitrogens with two attached hydrogens (primary N) is 1. The van der Waals surface area contributed by atoms with Gasteiger partial charge in [0, 0.05) is 19.7 Å². The molecule has 0 saturated carbocycles. The van der Waals surface area contributed by atoms with Gasteiger partial charge in [-0.25, -0.2) is 0 Å². The van der Waals surface area contributed by atoms with Crippen molar-refractivity contribution >= 4 is 5.96 Å². The molecule has 4 heteroatoms. The number of hydrogen-bond acceptors (Lipinski definition) is 2. The minimum atomic E-state index is 0.571. The molecule has 22 heavy (non-hydrogen) atoms. The largest absolute Gasteiger partial charge is 0.377 e. The van der Waals surface area contributed by atoms with Gasteiger partial charge in [-0.3, -0.25) is 4.99 Å². The number of benzene rings is 1. The quantitative estimate of drug-likeness (QED) is 0.353. The second-order valence-electron chi connectivity index (χ2n) is 5.50. The molecule has 0 unspecified atom stereocenters. The van der Waals surface area contributed by atoms with Gasteiger partial charge in [0.05, 0.1) is 6.61 Å². The Kier molecular flexibility index (Phi) is 11.0. The van der Waals surface area contributed by atoms with Crippen molar-refractivity contribution in [2.24, 2.45) is 10.7 Å². The number of guanidine groups is 1. The molecule has 0 heterocycles. The number of unbranched alkanes of at least 4 members (excludes halogenated alkanes) is 4. The smallest absolute Gasteiger partial charge is 0.188 e. The van der Waals surface area contributed by atoms with Crippen LogP contribution in [-0.4, -0.2) is 25.7 Å². The molecule has 0 fully saturated rings. The normalized spacial score (nSPS) is 11.6. The van der Waals surface area contributed by atoms with Crippen molar-refractivity contribution in [2.75, 3.05) is 19.7 Å². The monoisotopic (exact) mass is 305 g/mol. The lowest BCUT2D eigenvalue weighted by atomic mass is 10.2. The van der Waals surface area contributed by atoms with Crippen LogP contribution in [0.1, 0.15) is 51.0 Å². The van der Waals surface area contributed by atoms with Crippen molar-refractivity contribution < 1.29 is 4.74 Å². The summed E-state index contributed by atoms with van der Waals surface area (Å²) in [6.45, 7) is 5.38. The number of ether oxygens (including phenoxy) is 1. The third-order valence-corrected chi connectivity index (χ3v) is 3.43. The average molecular weight is 305 g/mol. The first-order valence-electron chi connectivity index (χ1n) is 8.48. The van der Waals surface area contributed by atoms with Crippen molar-refractivity contribution in [1.29, 1.82) is 0 Å². The summed E-state index contributed by atoms with van der Waals surface area (Å²) in [5.74, 6) is 0.571. The number of nitrogens with zero attached hydrogens (tertiary/aromatic N) is 1. The number of nitrogens with one attached hydrogen (secondary N) is 1. The first-order chi connectivity index (χ1) is 10.8. The van der Waals surface area contributed by atoms with Gasteiger partial charge in [-0.1, -0.05) is 56.5 Å². The number of hydrogen-bond donors (Lipinski definition) is 2. The van der Waals surface area contributed by atoms with E-state index in [4.69, 9.17) is 10.5 Å². The van der Waals surface area contributed by atoms with Crippen molar-refractivity contribution in [3.8, 4) is 0 Å². The SMILES string of the molecule is CCCCCCN=C(N)NCCCCOCc1ccccc1. The predicted octanol–water partition coefficient (Wildman–Crippen LogP) is 3.47. The fourth-order valence-corrected chi connectivity index (χ4v) is 2.10. The highest BCUT2D eigenvalue weighted by atomic mass is 16.5.